The second-order valence-corrected chi connectivity index (χ2v) is 15.6. The number of H-pyrrole nitrogens is 1. The quantitative estimate of drug-likeness (QED) is 0.127. The van der Waals surface area contributed by atoms with Gasteiger partial charge in [0.1, 0.15) is 42.4 Å². The summed E-state index contributed by atoms with van der Waals surface area (Å²) in [6.07, 6.45) is -8.61. The van der Waals surface area contributed by atoms with Crippen LogP contribution in [-0.2, 0) is 56.2 Å². The summed E-state index contributed by atoms with van der Waals surface area (Å²) in [4.78, 5) is 45.5. The van der Waals surface area contributed by atoms with Gasteiger partial charge in [-0.3, -0.25) is 28.0 Å². The summed E-state index contributed by atoms with van der Waals surface area (Å²) in [6.45, 7) is -9.98. The molecule has 4 aromatic rings. The number of aliphatic hydroxyl groups is 1. The molecule has 3 aliphatic rings. The number of hydrogen-bond donors (Lipinski definition) is 5. The number of rotatable bonds is 2. The second-order valence-electron chi connectivity index (χ2n) is 10.1. The van der Waals surface area contributed by atoms with Gasteiger partial charge in [0.25, 0.3) is 5.56 Å². The number of aliphatic hydroxyl groups excluding tert-OH is 1. The second kappa shape index (κ2) is 11.2. The molecule has 0 amide bonds. The Kier molecular flexibility index (Phi) is 7.74. The Morgan fingerprint density at radius 3 is 2.44 bits per heavy atom. The van der Waals surface area contributed by atoms with E-state index in [9.17, 15) is 19.4 Å². The smallest absolute Gasteiger partial charge is 0.325 e. The van der Waals surface area contributed by atoms with Gasteiger partial charge in [-0.25, -0.2) is 24.3 Å². The molecule has 0 spiro atoms. The highest BCUT2D eigenvalue weighted by Crippen LogP contribution is 2.55. The Morgan fingerprint density at radius 1 is 1.00 bits per heavy atom. The van der Waals surface area contributed by atoms with Crippen LogP contribution < -0.4 is 17.0 Å². The molecule has 45 heavy (non-hydrogen) atoms. The largest absolute Gasteiger partial charge is 0.660 e. The molecule has 0 radical (unpaired) electrons. The molecule has 0 saturated carbocycles. The number of nitrogen functional groups attached to an aromatic ring is 2. The van der Waals surface area contributed by atoms with E-state index in [0.717, 1.165) is 12.7 Å². The van der Waals surface area contributed by atoms with E-state index in [4.69, 9.17) is 63.1 Å². The third-order valence-electron chi connectivity index (χ3n) is 7.27. The van der Waals surface area contributed by atoms with Gasteiger partial charge in [0.05, 0.1) is 25.9 Å². The van der Waals surface area contributed by atoms with Gasteiger partial charge >= 0.3 is 6.72 Å². The number of aromatic nitrogens is 8. The third kappa shape index (κ3) is 5.55. The third-order valence-corrected chi connectivity index (χ3v) is 10.4. The molecule has 0 bridgehead atoms. The summed E-state index contributed by atoms with van der Waals surface area (Å²) in [7, 11) is 0. The van der Waals surface area contributed by atoms with Gasteiger partial charge in [0, 0.05) is 0 Å². The first kappa shape index (κ1) is 31.0. The van der Waals surface area contributed by atoms with Crippen molar-refractivity contribution in [2.24, 2.45) is 0 Å². The SMILES string of the molecule is Nc1nc2c(ncn2[C@@H]2O[C@@H]3COP(O)(=S)O[C@H]4[C@@H](F)[C@H](n5cnc6c(N)ncnc65)O[C@@H]4COP(=O)([S-])O[C@H]3[C@H]2O)c(=O)[nH]1. The van der Waals surface area contributed by atoms with Gasteiger partial charge in [-0.15, -0.1) is 0 Å². The van der Waals surface area contributed by atoms with Crippen molar-refractivity contribution < 1.29 is 46.5 Å². The Bertz CT molecular complexity index is 1950. The molecule has 10 atom stereocenters. The van der Waals surface area contributed by atoms with Gasteiger partial charge in [-0.2, -0.15) is 4.98 Å². The zero-order valence-electron chi connectivity index (χ0n) is 22.3. The highest BCUT2D eigenvalue weighted by Gasteiger charge is 2.52. The number of imidazole rings is 2. The number of nitrogens with one attached hydrogen (secondary N) is 1. The van der Waals surface area contributed by atoms with Crippen LogP contribution in [0.2, 0.25) is 0 Å². The lowest BCUT2D eigenvalue weighted by molar-refractivity contribution is -0.0574. The molecule has 3 saturated heterocycles. The van der Waals surface area contributed by atoms with E-state index < -0.39 is 81.4 Å². The molecule has 25 heteroatoms. The van der Waals surface area contributed by atoms with Crippen LogP contribution in [-0.4, -0.2) is 98.9 Å². The minimum Gasteiger partial charge on any atom is -0.660 e. The number of halogens is 1. The molecular formula is C20H22FN10O10P2S2-. The van der Waals surface area contributed by atoms with E-state index in [0.29, 0.717) is 0 Å². The van der Waals surface area contributed by atoms with Crippen molar-refractivity contribution in [1.82, 2.24) is 39.0 Å². The average Bonchev–Trinajstić information content (AvgIpc) is 3.72. The molecule has 242 valence electrons. The average molecular weight is 708 g/mol. The predicted molar refractivity (Wildman–Crippen MR) is 154 cm³/mol. The van der Waals surface area contributed by atoms with E-state index >= 15 is 4.39 Å². The van der Waals surface area contributed by atoms with E-state index in [-0.39, 0.29) is 34.1 Å². The summed E-state index contributed by atoms with van der Waals surface area (Å²) < 4.78 is 65.5. The maximum atomic E-state index is 16.0. The molecule has 4 aromatic heterocycles. The van der Waals surface area contributed by atoms with Crippen LogP contribution in [0.3, 0.4) is 0 Å². The first-order valence-corrected chi connectivity index (χ1v) is 18.0. The molecule has 7 heterocycles. The fourth-order valence-electron chi connectivity index (χ4n) is 5.27. The molecule has 2 unspecified atom stereocenters. The lowest BCUT2D eigenvalue weighted by Gasteiger charge is -2.33. The van der Waals surface area contributed by atoms with Crippen LogP contribution in [0.1, 0.15) is 12.5 Å². The van der Waals surface area contributed by atoms with Gasteiger partial charge in [0.2, 0.25) is 5.95 Å². The Labute approximate surface area is 260 Å². The topological polar surface area (TPSA) is 272 Å². The van der Waals surface area contributed by atoms with Gasteiger partial charge in [-0.05, 0) is 11.8 Å². The normalized spacial score (nSPS) is 37.7. The molecule has 0 aromatic carbocycles. The van der Waals surface area contributed by atoms with Crippen LogP contribution in [0.15, 0.2) is 23.8 Å². The molecular weight excluding hydrogens is 685 g/mol. The molecule has 7 rings (SSSR count). The van der Waals surface area contributed by atoms with Crippen molar-refractivity contribution in [2.45, 2.75) is 49.1 Å². The fourth-order valence-corrected chi connectivity index (χ4v) is 8.14. The van der Waals surface area contributed by atoms with E-state index in [1.807, 2.05) is 0 Å². The Morgan fingerprint density at radius 2 is 1.67 bits per heavy atom. The highest BCUT2D eigenvalue weighted by atomic mass is 32.7. The van der Waals surface area contributed by atoms with Crippen molar-refractivity contribution in [3.05, 3.63) is 29.3 Å². The number of nitrogens with two attached hydrogens (primary N) is 2. The van der Waals surface area contributed by atoms with Gasteiger partial charge < -0.3 is 56.8 Å². The standard InChI is InChI=1S/C20H23FN10O10P2S2/c21-8-12-6(38-18(8)30-4-26-9-14(22)24-3-25-15(9)30)1-36-43(35,45)41-13-7(2-37-42(34,44)40-12)39-19(11(13)32)31-5-27-10-16(31)28-20(23)29-17(10)33/h3-8,11-13,18-19,32H,1-2H2,(H,34,44)(H,35,45)(H2,22,24,25)(H3,23,28,29,33)/p-1/t6-,7-,8-,11-,12-,13-,18-,19-,42?,43?/m1/s1. The van der Waals surface area contributed by atoms with E-state index in [2.05, 4.69) is 29.9 Å². The van der Waals surface area contributed by atoms with Crippen LogP contribution in [0.5, 0.6) is 0 Å². The van der Waals surface area contributed by atoms with Gasteiger partial charge in [-0.1, -0.05) is 0 Å². The predicted octanol–water partition coefficient (Wildman–Crippen LogP) is -0.693. The van der Waals surface area contributed by atoms with E-state index in [1.165, 1.54) is 15.5 Å². The minimum absolute atomic E-state index is 0.0414. The van der Waals surface area contributed by atoms with Gasteiger partial charge in [0.15, 0.2) is 48.1 Å². The minimum atomic E-state index is -4.46. The Hall–Kier alpha value is -2.66. The molecule has 3 aliphatic heterocycles. The number of anilines is 2. The first-order chi connectivity index (χ1) is 21.3. The summed E-state index contributed by atoms with van der Waals surface area (Å²) in [5.41, 5.74) is 11.0. The Balaban J connectivity index is 1.17. The lowest BCUT2D eigenvalue weighted by Crippen LogP contribution is -2.38. The summed E-state index contributed by atoms with van der Waals surface area (Å²) in [6, 6.07) is 0. The highest BCUT2D eigenvalue weighted by molar-refractivity contribution is 8.32. The van der Waals surface area contributed by atoms with Crippen molar-refractivity contribution in [2.75, 3.05) is 24.7 Å². The van der Waals surface area contributed by atoms with Crippen molar-refractivity contribution in [1.29, 1.82) is 0 Å². The zero-order chi connectivity index (χ0) is 31.8. The number of nitrogens with zero attached hydrogens (tertiary/aromatic N) is 7. The van der Waals surface area contributed by atoms with Crippen molar-refractivity contribution >= 4 is 71.7 Å². The number of hydrogen-bond acceptors (Lipinski definition) is 18. The number of alkyl halides is 1. The monoisotopic (exact) mass is 707 g/mol. The lowest BCUT2D eigenvalue weighted by atomic mass is 10.1. The summed E-state index contributed by atoms with van der Waals surface area (Å²) in [5, 5.41) is 11.2. The first-order valence-electron chi connectivity index (χ1n) is 12.9. The maximum Gasteiger partial charge on any atom is 0.325 e. The van der Waals surface area contributed by atoms with Crippen LogP contribution in [0, 0.1) is 0 Å². The van der Waals surface area contributed by atoms with Crippen LogP contribution in [0.4, 0.5) is 16.2 Å². The zero-order valence-corrected chi connectivity index (χ0v) is 25.7. The molecule has 20 nitrogen and oxygen atoms in total. The number of fused-ring (bicyclic) bond motifs is 4. The van der Waals surface area contributed by atoms with Crippen molar-refractivity contribution in [3.8, 4) is 0 Å². The molecule has 0 aliphatic carbocycles. The summed E-state index contributed by atoms with van der Waals surface area (Å²) in [5.74, 6) is -0.177. The van der Waals surface area contributed by atoms with Crippen molar-refractivity contribution in [3.63, 3.8) is 0 Å². The van der Waals surface area contributed by atoms with Crippen LogP contribution >= 0.6 is 13.5 Å². The van der Waals surface area contributed by atoms with E-state index in [1.54, 1.807) is 0 Å². The molecule has 7 N–H and O–H groups in total. The number of ether oxygens (including phenoxy) is 2. The summed E-state index contributed by atoms with van der Waals surface area (Å²) >= 11 is 10.2. The number of aromatic amines is 1. The van der Waals surface area contributed by atoms with Crippen LogP contribution in [0.25, 0.3) is 22.3 Å². The maximum absolute atomic E-state index is 16.0. The fraction of sp³-hybridized carbons (Fsp3) is 0.500. The molecule has 3 fully saturated rings.